The molecule has 7 rings (SSSR count). The largest absolute Gasteiger partial charge is 0.493 e. The molecule has 0 N–H and O–H groups in total. The molecule has 48 heavy (non-hydrogen) atoms. The summed E-state index contributed by atoms with van der Waals surface area (Å²) in [6.07, 6.45) is 3.26. The van der Waals surface area contributed by atoms with E-state index in [2.05, 4.69) is 12.1 Å². The van der Waals surface area contributed by atoms with Crippen molar-refractivity contribution in [1.82, 2.24) is 0 Å². The Balaban J connectivity index is 1.20. The van der Waals surface area contributed by atoms with Gasteiger partial charge < -0.3 is 37.9 Å². The molecule has 0 aliphatic carbocycles. The molecule has 0 spiro atoms. The molecule has 3 heterocycles. The van der Waals surface area contributed by atoms with Crippen LogP contribution < -0.4 is 37.9 Å². The summed E-state index contributed by atoms with van der Waals surface area (Å²) < 4.78 is 45.9. The number of allylic oxidation sites excluding steroid dienone is 1. The highest BCUT2D eigenvalue weighted by Crippen LogP contribution is 2.50. The minimum atomic E-state index is -0.469. The van der Waals surface area contributed by atoms with Crippen LogP contribution >= 0.6 is 0 Å². The second-order valence-electron chi connectivity index (χ2n) is 11.5. The molecule has 3 aliphatic rings. The Bertz CT molecular complexity index is 1960. The summed E-state index contributed by atoms with van der Waals surface area (Å²) in [5.41, 5.74) is 4.70. The average Bonchev–Trinajstić information content (AvgIpc) is 3.70. The third-order valence-electron chi connectivity index (χ3n) is 8.79. The molecule has 10 nitrogen and oxygen atoms in total. The van der Waals surface area contributed by atoms with Gasteiger partial charge >= 0.3 is 5.97 Å². The fraction of sp³-hybridized carbons (Fsp3) is 0.263. The van der Waals surface area contributed by atoms with Crippen LogP contribution in [0.3, 0.4) is 0 Å². The van der Waals surface area contributed by atoms with E-state index < -0.39 is 5.92 Å². The number of hydrogen-bond acceptors (Lipinski definition) is 10. The first-order valence-electron chi connectivity index (χ1n) is 15.6. The summed E-state index contributed by atoms with van der Waals surface area (Å²) >= 11 is 0. The highest BCUT2D eigenvalue weighted by atomic mass is 16.5. The van der Waals surface area contributed by atoms with E-state index in [4.69, 9.17) is 37.9 Å². The zero-order valence-electron chi connectivity index (χ0n) is 27.0. The van der Waals surface area contributed by atoms with Gasteiger partial charge in [-0.2, -0.15) is 0 Å². The molecule has 10 heteroatoms. The van der Waals surface area contributed by atoms with Crippen LogP contribution in [0.15, 0.2) is 66.4 Å². The summed E-state index contributed by atoms with van der Waals surface area (Å²) in [4.78, 5) is 26.5. The lowest BCUT2D eigenvalue weighted by Crippen LogP contribution is -2.21. The molecule has 1 atom stereocenters. The normalized spacial score (nSPS) is 16.7. The number of benzene rings is 4. The van der Waals surface area contributed by atoms with E-state index in [0.717, 1.165) is 23.3 Å². The summed E-state index contributed by atoms with van der Waals surface area (Å²) in [6, 6.07) is 18.5. The second kappa shape index (κ2) is 12.9. The van der Waals surface area contributed by atoms with Gasteiger partial charge in [0.25, 0.3) is 0 Å². The Morgan fingerprint density at radius 2 is 1.58 bits per heavy atom. The number of ketones is 1. The van der Waals surface area contributed by atoms with Crippen molar-refractivity contribution in [2.24, 2.45) is 0 Å². The van der Waals surface area contributed by atoms with E-state index in [-0.39, 0.29) is 23.9 Å². The summed E-state index contributed by atoms with van der Waals surface area (Å²) in [7, 11) is 6.14. The number of Topliss-reactive ketones (excluding diaryl/α,β-unsaturated/α-hetero) is 1. The first-order valence-corrected chi connectivity index (χ1v) is 15.6. The Morgan fingerprint density at radius 3 is 2.38 bits per heavy atom. The fourth-order valence-corrected chi connectivity index (χ4v) is 6.47. The van der Waals surface area contributed by atoms with E-state index in [0.29, 0.717) is 76.6 Å². The maximum atomic E-state index is 13.7. The summed E-state index contributed by atoms with van der Waals surface area (Å²) in [6.45, 7) is 1.13. The maximum Gasteiger partial charge on any atom is 0.312 e. The Kier molecular flexibility index (Phi) is 8.31. The monoisotopic (exact) mass is 650 g/mol. The zero-order chi connectivity index (χ0) is 33.4. The molecule has 0 saturated heterocycles. The van der Waals surface area contributed by atoms with E-state index >= 15 is 0 Å². The van der Waals surface area contributed by atoms with E-state index in [9.17, 15) is 9.59 Å². The van der Waals surface area contributed by atoms with E-state index in [1.165, 1.54) is 26.9 Å². The van der Waals surface area contributed by atoms with Crippen LogP contribution in [0.4, 0.5) is 0 Å². The van der Waals surface area contributed by atoms with Crippen molar-refractivity contribution in [3.63, 3.8) is 0 Å². The standard InChI is InChI=1S/C38H34O10/c1-41-28-10-6-22(18-31(28)46-15-13-21-5-9-27-23(17-21)14-16-45-27)26-20-33(39)47-29-12-8-25-35(40)32(48-37(25)34(26)29)19-24-7-11-30(42-2)38(44-4)36(24)43-3/h5-12,17-19,26H,13-16,20H2,1-4H3/b32-19-. The van der Waals surface area contributed by atoms with Crippen molar-refractivity contribution < 1.29 is 47.5 Å². The number of ether oxygens (including phenoxy) is 8. The van der Waals surface area contributed by atoms with Gasteiger partial charge in [-0.1, -0.05) is 18.2 Å². The quantitative estimate of drug-likeness (QED) is 0.110. The molecule has 4 aromatic carbocycles. The average molecular weight is 651 g/mol. The topological polar surface area (TPSA) is 108 Å². The molecule has 0 aromatic heterocycles. The maximum absolute atomic E-state index is 13.7. The number of carbonyl (C=O) groups is 2. The number of hydrogen-bond donors (Lipinski definition) is 0. The fourth-order valence-electron chi connectivity index (χ4n) is 6.47. The molecule has 0 fully saturated rings. The lowest BCUT2D eigenvalue weighted by molar-refractivity contribution is -0.135. The third kappa shape index (κ3) is 5.53. The minimum absolute atomic E-state index is 0.0481. The Morgan fingerprint density at radius 1 is 0.792 bits per heavy atom. The van der Waals surface area contributed by atoms with Gasteiger partial charge in [-0.05, 0) is 65.2 Å². The third-order valence-corrected chi connectivity index (χ3v) is 8.79. The van der Waals surface area contributed by atoms with Gasteiger partial charge in [0.15, 0.2) is 28.8 Å². The van der Waals surface area contributed by atoms with Crippen molar-refractivity contribution in [2.45, 2.75) is 25.2 Å². The molecule has 0 saturated carbocycles. The lowest BCUT2D eigenvalue weighted by atomic mass is 9.84. The van der Waals surface area contributed by atoms with Crippen molar-refractivity contribution in [3.05, 3.63) is 99.8 Å². The van der Waals surface area contributed by atoms with E-state index in [1.54, 1.807) is 37.5 Å². The van der Waals surface area contributed by atoms with Crippen LogP contribution in [0.5, 0.6) is 46.0 Å². The molecule has 0 amide bonds. The highest BCUT2D eigenvalue weighted by Gasteiger charge is 2.39. The van der Waals surface area contributed by atoms with Gasteiger partial charge in [-0.3, -0.25) is 9.59 Å². The number of rotatable bonds is 10. The van der Waals surface area contributed by atoms with Gasteiger partial charge in [0, 0.05) is 29.9 Å². The molecular weight excluding hydrogens is 616 g/mol. The van der Waals surface area contributed by atoms with Crippen molar-refractivity contribution in [3.8, 4) is 46.0 Å². The van der Waals surface area contributed by atoms with Crippen LogP contribution in [-0.2, 0) is 17.6 Å². The predicted octanol–water partition coefficient (Wildman–Crippen LogP) is 6.33. The van der Waals surface area contributed by atoms with Gasteiger partial charge in [0.1, 0.15) is 17.2 Å². The van der Waals surface area contributed by atoms with Crippen LogP contribution in [0, 0.1) is 0 Å². The van der Waals surface area contributed by atoms with Crippen LogP contribution in [-0.4, -0.2) is 53.4 Å². The van der Waals surface area contributed by atoms with Gasteiger partial charge in [0.05, 0.1) is 53.6 Å². The van der Waals surface area contributed by atoms with E-state index in [1.807, 2.05) is 24.3 Å². The van der Waals surface area contributed by atoms with Gasteiger partial charge in [0.2, 0.25) is 11.5 Å². The number of methoxy groups -OCH3 is 4. The van der Waals surface area contributed by atoms with Crippen molar-refractivity contribution in [1.29, 1.82) is 0 Å². The van der Waals surface area contributed by atoms with Crippen molar-refractivity contribution in [2.75, 3.05) is 41.7 Å². The molecule has 4 aromatic rings. The number of carbonyl (C=O) groups excluding carboxylic acids is 2. The van der Waals surface area contributed by atoms with Crippen LogP contribution in [0.1, 0.15) is 50.5 Å². The molecule has 0 radical (unpaired) electrons. The predicted molar refractivity (Wildman–Crippen MR) is 175 cm³/mol. The van der Waals surface area contributed by atoms with Gasteiger partial charge in [-0.25, -0.2) is 0 Å². The second-order valence-corrected chi connectivity index (χ2v) is 11.5. The van der Waals surface area contributed by atoms with Crippen LogP contribution in [0.25, 0.3) is 6.08 Å². The molecule has 1 unspecified atom stereocenters. The molecule has 246 valence electrons. The lowest BCUT2D eigenvalue weighted by Gasteiger charge is -2.27. The smallest absolute Gasteiger partial charge is 0.312 e. The first-order chi connectivity index (χ1) is 23.4. The molecule has 0 bridgehead atoms. The van der Waals surface area contributed by atoms with Crippen molar-refractivity contribution >= 4 is 17.8 Å². The molecule has 3 aliphatic heterocycles. The minimum Gasteiger partial charge on any atom is -0.493 e. The number of esters is 1. The SMILES string of the molecule is COc1ccc(C2CC(=O)Oc3ccc4c(c32)O/C(=C\c2ccc(OC)c(OC)c2OC)C4=O)cc1OCCc1ccc2c(c1)CCO2. The zero-order valence-corrected chi connectivity index (χ0v) is 27.0. The van der Waals surface area contributed by atoms with Gasteiger partial charge in [-0.15, -0.1) is 0 Å². The molecular formula is C38H34O10. The number of fused-ring (bicyclic) bond motifs is 4. The summed E-state index contributed by atoms with van der Waals surface area (Å²) in [5, 5.41) is 0. The first kappa shape index (κ1) is 31.0. The highest BCUT2D eigenvalue weighted by molar-refractivity contribution is 6.15. The van der Waals surface area contributed by atoms with Crippen LogP contribution in [0.2, 0.25) is 0 Å². The summed E-state index contributed by atoms with van der Waals surface area (Å²) in [5.74, 6) is 2.94. The Hall–Kier alpha value is -5.64. The Labute approximate surface area is 277 Å².